The monoisotopic (exact) mass is 547 g/mol. The van der Waals surface area contributed by atoms with E-state index in [1.54, 1.807) is 60.7 Å². The summed E-state index contributed by atoms with van der Waals surface area (Å²) in [4.78, 5) is 24.0. The van der Waals surface area contributed by atoms with E-state index in [9.17, 15) is 19.1 Å². The van der Waals surface area contributed by atoms with E-state index in [0.717, 1.165) is 0 Å². The number of halogens is 2. The average molecular weight is 547 g/mol. The number of ether oxygens (including phenoxy) is 2. The number of aliphatic carboxylic acids is 1. The molecule has 3 aromatic rings. The van der Waals surface area contributed by atoms with Gasteiger partial charge in [0.05, 0.1) is 10.7 Å². The van der Waals surface area contributed by atoms with Crippen LogP contribution in [0.15, 0.2) is 72.4 Å². The van der Waals surface area contributed by atoms with Crippen molar-refractivity contribution in [3.63, 3.8) is 0 Å². The third-order valence-corrected chi connectivity index (χ3v) is 5.21. The number of methoxy groups -OCH3 is 1. The molecule has 1 amide bonds. The van der Waals surface area contributed by atoms with Gasteiger partial charge in [-0.1, -0.05) is 36.4 Å². The molecule has 0 aliphatic carbocycles. The van der Waals surface area contributed by atoms with Crippen LogP contribution >= 0.6 is 22.6 Å². The molecule has 0 aliphatic heterocycles. The summed E-state index contributed by atoms with van der Waals surface area (Å²) in [5, 5.41) is 12.0. The van der Waals surface area contributed by atoms with Crippen LogP contribution in [0, 0.1) is 9.39 Å². The lowest BCUT2D eigenvalue weighted by Crippen LogP contribution is -2.27. The molecule has 0 fully saturated rings. The Morgan fingerprint density at radius 3 is 2.44 bits per heavy atom. The van der Waals surface area contributed by atoms with Crippen molar-refractivity contribution in [1.82, 2.24) is 5.32 Å². The molecule has 0 aliphatic rings. The van der Waals surface area contributed by atoms with E-state index in [2.05, 4.69) is 5.32 Å². The van der Waals surface area contributed by atoms with Crippen LogP contribution in [0.2, 0.25) is 0 Å². The number of hydrogen-bond donors (Lipinski definition) is 2. The van der Waals surface area contributed by atoms with Crippen molar-refractivity contribution >= 4 is 40.5 Å². The van der Waals surface area contributed by atoms with E-state index in [-0.39, 0.29) is 18.1 Å². The van der Waals surface area contributed by atoms with Gasteiger partial charge in [-0.05, 0) is 64.6 Å². The molecule has 0 spiro atoms. The maximum atomic E-state index is 13.9. The fraction of sp³-hybridized carbons (Fsp3) is 0.0833. The van der Waals surface area contributed by atoms with Crippen LogP contribution < -0.4 is 14.8 Å². The maximum absolute atomic E-state index is 13.9. The van der Waals surface area contributed by atoms with Crippen molar-refractivity contribution < 1.29 is 28.6 Å². The Morgan fingerprint density at radius 1 is 1.09 bits per heavy atom. The molecule has 0 aromatic heterocycles. The number of carboxylic acid groups (broad SMARTS) is 1. The van der Waals surface area contributed by atoms with Crippen LogP contribution in [0.3, 0.4) is 0 Å². The number of carbonyl (C=O) groups is 2. The highest BCUT2D eigenvalue weighted by atomic mass is 127. The molecule has 0 unspecified atom stereocenters. The van der Waals surface area contributed by atoms with E-state index >= 15 is 0 Å². The van der Waals surface area contributed by atoms with Gasteiger partial charge in [0.15, 0.2) is 11.5 Å². The molecule has 3 rings (SSSR count). The highest BCUT2D eigenvalue weighted by molar-refractivity contribution is 14.1. The Labute approximate surface area is 197 Å². The first-order valence-electron chi connectivity index (χ1n) is 9.44. The quantitative estimate of drug-likeness (QED) is 0.311. The summed E-state index contributed by atoms with van der Waals surface area (Å²) in [5.41, 5.74) is 0.918. The zero-order valence-corrected chi connectivity index (χ0v) is 19.1. The second-order valence-electron chi connectivity index (χ2n) is 6.60. The molecule has 0 bridgehead atoms. The van der Waals surface area contributed by atoms with Crippen molar-refractivity contribution in [3.8, 4) is 11.5 Å². The van der Waals surface area contributed by atoms with Crippen LogP contribution in [0.25, 0.3) is 6.08 Å². The predicted octanol–water partition coefficient (Wildman–Crippen LogP) is 4.87. The average Bonchev–Trinajstić information content (AvgIpc) is 2.79. The standard InChI is InChI=1S/C24H19FINO5/c1-31-21-13-15(11-19(26)22(21)32-14-17-9-5-6-10-18(17)25)12-20(24(29)30)27-23(28)16-7-3-2-4-8-16/h2-13H,14H2,1H3,(H,27,28)(H,29,30)/b20-12+. The Morgan fingerprint density at radius 2 is 1.78 bits per heavy atom. The van der Waals surface area contributed by atoms with E-state index in [1.165, 1.54) is 19.3 Å². The third-order valence-electron chi connectivity index (χ3n) is 4.41. The van der Waals surface area contributed by atoms with Crippen LogP contribution in [0.1, 0.15) is 21.5 Å². The molecule has 6 nitrogen and oxygen atoms in total. The van der Waals surface area contributed by atoms with Gasteiger partial charge >= 0.3 is 5.97 Å². The molecule has 0 radical (unpaired) electrons. The van der Waals surface area contributed by atoms with Gasteiger partial charge in [-0.25, -0.2) is 9.18 Å². The number of carbonyl (C=O) groups excluding carboxylic acids is 1. The summed E-state index contributed by atoms with van der Waals surface area (Å²) in [6, 6.07) is 17.9. The zero-order chi connectivity index (χ0) is 23.1. The lowest BCUT2D eigenvalue weighted by molar-refractivity contribution is -0.132. The number of hydrogen-bond acceptors (Lipinski definition) is 4. The lowest BCUT2D eigenvalue weighted by atomic mass is 10.1. The van der Waals surface area contributed by atoms with Gasteiger partial charge in [0.25, 0.3) is 5.91 Å². The van der Waals surface area contributed by atoms with E-state index in [0.29, 0.717) is 31.8 Å². The predicted molar refractivity (Wildman–Crippen MR) is 126 cm³/mol. The number of nitrogens with one attached hydrogen (secondary N) is 1. The summed E-state index contributed by atoms with van der Waals surface area (Å²) in [6.45, 7) is 0.00172. The fourth-order valence-electron chi connectivity index (χ4n) is 2.83. The van der Waals surface area contributed by atoms with Gasteiger partial charge in [0, 0.05) is 11.1 Å². The first kappa shape index (κ1) is 23.3. The molecular weight excluding hydrogens is 528 g/mol. The van der Waals surface area contributed by atoms with Crippen LogP contribution in [0.4, 0.5) is 4.39 Å². The van der Waals surface area contributed by atoms with Gasteiger partial charge in [-0.15, -0.1) is 0 Å². The minimum atomic E-state index is -1.29. The van der Waals surface area contributed by atoms with Crippen molar-refractivity contribution in [1.29, 1.82) is 0 Å². The van der Waals surface area contributed by atoms with Crippen LogP contribution in [-0.2, 0) is 11.4 Å². The van der Waals surface area contributed by atoms with Gasteiger partial charge in [-0.3, -0.25) is 4.79 Å². The molecule has 8 heteroatoms. The molecule has 0 saturated heterocycles. The van der Waals surface area contributed by atoms with Crippen molar-refractivity contribution in [2.24, 2.45) is 0 Å². The van der Waals surface area contributed by atoms with Crippen molar-refractivity contribution in [2.75, 3.05) is 7.11 Å². The topological polar surface area (TPSA) is 84.9 Å². The first-order chi connectivity index (χ1) is 15.4. The number of carboxylic acids is 1. The highest BCUT2D eigenvalue weighted by Gasteiger charge is 2.16. The van der Waals surface area contributed by atoms with Gasteiger partial charge in [0.1, 0.15) is 18.1 Å². The van der Waals surface area contributed by atoms with E-state index in [4.69, 9.17) is 9.47 Å². The van der Waals surface area contributed by atoms with Gasteiger partial charge in [-0.2, -0.15) is 0 Å². The van der Waals surface area contributed by atoms with E-state index in [1.807, 2.05) is 22.6 Å². The minimum Gasteiger partial charge on any atom is -0.493 e. The smallest absolute Gasteiger partial charge is 0.352 e. The molecule has 32 heavy (non-hydrogen) atoms. The largest absolute Gasteiger partial charge is 0.493 e. The van der Waals surface area contributed by atoms with Crippen LogP contribution in [-0.4, -0.2) is 24.1 Å². The van der Waals surface area contributed by atoms with Gasteiger partial charge in [0.2, 0.25) is 0 Å². The summed E-state index contributed by atoms with van der Waals surface area (Å²) in [5.74, 6) is -1.45. The Hall–Kier alpha value is -3.40. The van der Waals surface area contributed by atoms with Crippen molar-refractivity contribution in [3.05, 3.63) is 98.5 Å². The summed E-state index contributed by atoms with van der Waals surface area (Å²) >= 11 is 2.02. The summed E-state index contributed by atoms with van der Waals surface area (Å²) < 4.78 is 25.7. The molecule has 2 N–H and O–H groups in total. The Kier molecular flexibility index (Phi) is 7.82. The molecule has 3 aromatic carbocycles. The molecule has 164 valence electrons. The molecule has 0 saturated carbocycles. The second kappa shape index (κ2) is 10.8. The Bertz CT molecular complexity index is 1160. The maximum Gasteiger partial charge on any atom is 0.352 e. The zero-order valence-electron chi connectivity index (χ0n) is 17.0. The summed E-state index contributed by atoms with van der Waals surface area (Å²) in [7, 11) is 1.45. The normalized spacial score (nSPS) is 11.0. The number of benzene rings is 3. The SMILES string of the molecule is COc1cc(/C=C(/NC(=O)c2ccccc2)C(=O)O)cc(I)c1OCc1ccccc1F. The Balaban J connectivity index is 1.85. The van der Waals surface area contributed by atoms with Crippen molar-refractivity contribution in [2.45, 2.75) is 6.61 Å². The highest BCUT2D eigenvalue weighted by Crippen LogP contribution is 2.35. The van der Waals surface area contributed by atoms with Crippen LogP contribution in [0.5, 0.6) is 11.5 Å². The molecule has 0 atom stereocenters. The van der Waals surface area contributed by atoms with E-state index < -0.39 is 11.9 Å². The molecular formula is C24H19FINO5. The number of amides is 1. The minimum absolute atomic E-state index is 0.00172. The summed E-state index contributed by atoms with van der Waals surface area (Å²) in [6.07, 6.45) is 1.33. The lowest BCUT2D eigenvalue weighted by Gasteiger charge is -2.14. The number of rotatable bonds is 8. The van der Waals surface area contributed by atoms with Gasteiger partial charge < -0.3 is 19.9 Å². The third kappa shape index (κ3) is 5.85. The first-order valence-corrected chi connectivity index (χ1v) is 10.5. The second-order valence-corrected chi connectivity index (χ2v) is 7.76. The fourth-order valence-corrected chi connectivity index (χ4v) is 3.61. The molecule has 0 heterocycles.